The number of hydrogen-bond acceptors (Lipinski definition) is 4. The molecule has 0 atom stereocenters. The molecule has 0 aliphatic rings. The van der Waals surface area contributed by atoms with Gasteiger partial charge < -0.3 is 4.74 Å². The number of non-ortho nitro benzene ring substituents is 1. The van der Waals surface area contributed by atoms with E-state index in [0.717, 1.165) is 0 Å². The third kappa shape index (κ3) is 3.55. The van der Waals surface area contributed by atoms with Gasteiger partial charge in [0.15, 0.2) is 0 Å². The number of ether oxygens (including phenoxy) is 1. The van der Waals surface area contributed by atoms with Crippen molar-refractivity contribution in [1.82, 2.24) is 0 Å². The van der Waals surface area contributed by atoms with E-state index < -0.39 is 11.0 Å². The summed E-state index contributed by atoms with van der Waals surface area (Å²) >= 11 is 3.15. The molecular weight excluding hydrogens is 328 g/mol. The molecule has 2 rings (SSSR count). The molecule has 7 heteroatoms. The summed E-state index contributed by atoms with van der Waals surface area (Å²) in [6, 6.07) is 12.6. The molecule has 1 amide bonds. The Hall–Kier alpha value is -2.41. The number of benzene rings is 2. The van der Waals surface area contributed by atoms with Crippen molar-refractivity contribution < 1.29 is 14.5 Å². The largest absolute Gasteiger partial charge is 0.417 e. The number of halogens is 1. The SMILES string of the molecule is O=C(Nc1ccc([N+](=O)[O-])cc1Br)Oc1ccccc1. The number of carbonyl (C=O) groups is 1. The number of nitro groups is 1. The van der Waals surface area contributed by atoms with Crippen molar-refractivity contribution in [3.05, 3.63) is 63.1 Å². The fraction of sp³-hybridized carbons (Fsp3) is 0. The zero-order valence-corrected chi connectivity index (χ0v) is 11.7. The molecule has 20 heavy (non-hydrogen) atoms. The number of nitro benzene ring substituents is 1. The van der Waals surface area contributed by atoms with Crippen LogP contribution in [0.3, 0.4) is 0 Å². The van der Waals surface area contributed by atoms with Crippen LogP contribution in [0.15, 0.2) is 53.0 Å². The molecule has 0 saturated heterocycles. The van der Waals surface area contributed by atoms with E-state index >= 15 is 0 Å². The van der Waals surface area contributed by atoms with Crippen LogP contribution in [-0.2, 0) is 0 Å². The first-order valence-corrected chi connectivity index (χ1v) is 6.33. The second-order valence-corrected chi connectivity index (χ2v) is 4.60. The Morgan fingerprint density at radius 1 is 1.20 bits per heavy atom. The highest BCUT2D eigenvalue weighted by atomic mass is 79.9. The molecule has 0 unspecified atom stereocenters. The van der Waals surface area contributed by atoms with Gasteiger partial charge in [-0.1, -0.05) is 18.2 Å². The van der Waals surface area contributed by atoms with E-state index in [1.807, 2.05) is 0 Å². The predicted octanol–water partition coefficient (Wildman–Crippen LogP) is 3.97. The molecule has 1 N–H and O–H groups in total. The molecule has 0 saturated carbocycles. The number of rotatable bonds is 3. The van der Waals surface area contributed by atoms with E-state index in [2.05, 4.69) is 21.2 Å². The van der Waals surface area contributed by atoms with Crippen molar-refractivity contribution in [3.63, 3.8) is 0 Å². The monoisotopic (exact) mass is 336 g/mol. The lowest BCUT2D eigenvalue weighted by Gasteiger charge is -2.07. The summed E-state index contributed by atoms with van der Waals surface area (Å²) in [5.74, 6) is 0.406. The van der Waals surface area contributed by atoms with Gasteiger partial charge in [-0.05, 0) is 34.1 Å². The Kier molecular flexibility index (Phi) is 4.31. The van der Waals surface area contributed by atoms with Gasteiger partial charge in [-0.25, -0.2) is 4.79 Å². The third-order valence-electron chi connectivity index (χ3n) is 2.35. The minimum absolute atomic E-state index is 0.0705. The summed E-state index contributed by atoms with van der Waals surface area (Å²) in [5.41, 5.74) is 0.315. The highest BCUT2D eigenvalue weighted by Gasteiger charge is 2.12. The standard InChI is InChI=1S/C13H9BrN2O4/c14-11-8-9(16(18)19)6-7-12(11)15-13(17)20-10-4-2-1-3-5-10/h1-8H,(H,15,17). The molecule has 6 nitrogen and oxygen atoms in total. The molecule has 2 aromatic rings. The second kappa shape index (κ2) is 6.16. The summed E-state index contributed by atoms with van der Waals surface area (Å²) in [7, 11) is 0. The first-order valence-electron chi connectivity index (χ1n) is 5.54. The van der Waals surface area contributed by atoms with E-state index in [-0.39, 0.29) is 5.69 Å². The van der Waals surface area contributed by atoms with Gasteiger partial charge in [0.05, 0.1) is 10.6 Å². The van der Waals surface area contributed by atoms with E-state index in [1.54, 1.807) is 30.3 Å². The number of amides is 1. The van der Waals surface area contributed by atoms with E-state index in [4.69, 9.17) is 4.74 Å². The summed E-state index contributed by atoms with van der Waals surface area (Å²) in [4.78, 5) is 21.7. The van der Waals surface area contributed by atoms with Gasteiger partial charge in [0.2, 0.25) is 0 Å². The average molecular weight is 337 g/mol. The van der Waals surface area contributed by atoms with Crippen molar-refractivity contribution in [1.29, 1.82) is 0 Å². The van der Waals surface area contributed by atoms with Crippen LogP contribution in [0.25, 0.3) is 0 Å². The second-order valence-electron chi connectivity index (χ2n) is 3.75. The Balaban J connectivity index is 2.06. The summed E-state index contributed by atoms with van der Waals surface area (Å²) < 4.78 is 5.45. The Bertz CT molecular complexity index is 646. The number of anilines is 1. The molecule has 0 bridgehead atoms. The Morgan fingerprint density at radius 2 is 1.90 bits per heavy atom. The minimum Gasteiger partial charge on any atom is -0.410 e. The molecule has 102 valence electrons. The zero-order chi connectivity index (χ0) is 14.5. The molecule has 0 heterocycles. The molecule has 2 aromatic carbocycles. The van der Waals surface area contributed by atoms with E-state index in [0.29, 0.717) is 15.9 Å². The van der Waals surface area contributed by atoms with Crippen LogP contribution in [0, 0.1) is 10.1 Å². The molecule has 0 radical (unpaired) electrons. The van der Waals surface area contributed by atoms with Crippen molar-refractivity contribution >= 4 is 33.4 Å². The van der Waals surface area contributed by atoms with Crippen molar-refractivity contribution in [2.24, 2.45) is 0 Å². The normalized spacial score (nSPS) is 9.85. The van der Waals surface area contributed by atoms with Gasteiger partial charge in [0.25, 0.3) is 5.69 Å². The molecule has 0 fully saturated rings. The minimum atomic E-state index is -0.675. The number of nitrogens with one attached hydrogen (secondary N) is 1. The van der Waals surface area contributed by atoms with Crippen molar-refractivity contribution in [2.45, 2.75) is 0 Å². The summed E-state index contributed by atoms with van der Waals surface area (Å²) in [6.07, 6.45) is -0.675. The number of carbonyl (C=O) groups excluding carboxylic acids is 1. The Morgan fingerprint density at radius 3 is 2.50 bits per heavy atom. The molecule has 0 aromatic heterocycles. The van der Waals surface area contributed by atoms with Gasteiger partial charge in [-0.2, -0.15) is 0 Å². The first kappa shape index (κ1) is 14.0. The van der Waals surface area contributed by atoms with Crippen LogP contribution in [0.1, 0.15) is 0 Å². The molecule has 0 aliphatic carbocycles. The molecule has 0 aliphatic heterocycles. The average Bonchev–Trinajstić information content (AvgIpc) is 2.42. The van der Waals surface area contributed by atoms with Gasteiger partial charge in [0.1, 0.15) is 5.75 Å². The Labute approximate surface area is 122 Å². The fourth-order valence-corrected chi connectivity index (χ4v) is 1.92. The zero-order valence-electron chi connectivity index (χ0n) is 10.1. The van der Waals surface area contributed by atoms with Crippen LogP contribution in [0.2, 0.25) is 0 Å². The van der Waals surface area contributed by atoms with Gasteiger partial charge in [0, 0.05) is 16.6 Å². The number of hydrogen-bond donors (Lipinski definition) is 1. The van der Waals surface area contributed by atoms with Crippen molar-refractivity contribution in [3.8, 4) is 5.75 Å². The lowest BCUT2D eigenvalue weighted by Crippen LogP contribution is -2.16. The van der Waals surface area contributed by atoms with E-state index in [1.165, 1.54) is 18.2 Å². The van der Waals surface area contributed by atoms with Gasteiger partial charge in [-0.15, -0.1) is 0 Å². The van der Waals surface area contributed by atoms with Gasteiger partial charge in [-0.3, -0.25) is 15.4 Å². The molecule has 0 spiro atoms. The fourth-order valence-electron chi connectivity index (χ4n) is 1.45. The van der Waals surface area contributed by atoms with Crippen molar-refractivity contribution in [2.75, 3.05) is 5.32 Å². The number of nitrogens with zero attached hydrogens (tertiary/aromatic N) is 1. The molecular formula is C13H9BrN2O4. The van der Waals surface area contributed by atoms with Crippen LogP contribution < -0.4 is 10.1 Å². The topological polar surface area (TPSA) is 81.5 Å². The number of para-hydroxylation sites is 1. The van der Waals surface area contributed by atoms with Gasteiger partial charge >= 0.3 is 6.09 Å². The quantitative estimate of drug-likeness (QED) is 0.679. The highest BCUT2D eigenvalue weighted by molar-refractivity contribution is 9.10. The van der Waals surface area contributed by atoms with Crippen LogP contribution >= 0.6 is 15.9 Å². The third-order valence-corrected chi connectivity index (χ3v) is 3.01. The smallest absolute Gasteiger partial charge is 0.410 e. The lowest BCUT2D eigenvalue weighted by molar-refractivity contribution is -0.384. The van der Waals surface area contributed by atoms with E-state index in [9.17, 15) is 14.9 Å². The maximum absolute atomic E-state index is 11.7. The maximum atomic E-state index is 11.7. The van der Waals surface area contributed by atoms with Crippen LogP contribution in [0.5, 0.6) is 5.75 Å². The lowest BCUT2D eigenvalue weighted by atomic mass is 10.3. The van der Waals surface area contributed by atoms with Crippen LogP contribution in [0.4, 0.5) is 16.2 Å². The summed E-state index contributed by atoms with van der Waals surface area (Å²) in [6.45, 7) is 0. The highest BCUT2D eigenvalue weighted by Crippen LogP contribution is 2.27. The maximum Gasteiger partial charge on any atom is 0.417 e. The predicted molar refractivity (Wildman–Crippen MR) is 76.9 cm³/mol. The van der Waals surface area contributed by atoms with Crippen LogP contribution in [-0.4, -0.2) is 11.0 Å². The summed E-state index contributed by atoms with van der Waals surface area (Å²) in [5, 5.41) is 13.1. The first-order chi connectivity index (χ1) is 9.56.